The van der Waals surface area contributed by atoms with Gasteiger partial charge in [0.15, 0.2) is 0 Å². The van der Waals surface area contributed by atoms with Crippen molar-refractivity contribution in [2.24, 2.45) is 5.73 Å². The van der Waals surface area contributed by atoms with Gasteiger partial charge in [0.05, 0.1) is 11.6 Å². The van der Waals surface area contributed by atoms with Gasteiger partial charge >= 0.3 is 0 Å². The van der Waals surface area contributed by atoms with Crippen molar-refractivity contribution in [2.45, 2.75) is 25.7 Å². The van der Waals surface area contributed by atoms with Crippen LogP contribution in [0.1, 0.15) is 25.8 Å². The van der Waals surface area contributed by atoms with Crippen molar-refractivity contribution in [2.75, 3.05) is 20.2 Å². The number of carbonyl (C=O) groups is 1. The molecule has 0 aliphatic rings. The molecule has 0 saturated carbocycles. The predicted octanol–water partition coefficient (Wildman–Crippen LogP) is 2.20. The van der Waals surface area contributed by atoms with Gasteiger partial charge < -0.3 is 15.8 Å². The van der Waals surface area contributed by atoms with Gasteiger partial charge in [0, 0.05) is 24.9 Å². The molecule has 106 valence electrons. The fourth-order valence-electron chi connectivity index (χ4n) is 1.73. The highest BCUT2D eigenvalue weighted by atomic mass is 79.9. The van der Waals surface area contributed by atoms with Crippen LogP contribution in [0.15, 0.2) is 22.7 Å². The van der Waals surface area contributed by atoms with Crippen molar-refractivity contribution in [3.8, 4) is 5.75 Å². The zero-order valence-electron chi connectivity index (χ0n) is 11.6. The van der Waals surface area contributed by atoms with Crippen molar-refractivity contribution in [1.29, 1.82) is 0 Å². The lowest BCUT2D eigenvalue weighted by atomic mass is 9.84. The summed E-state index contributed by atoms with van der Waals surface area (Å²) in [5.41, 5.74) is 6.33. The minimum Gasteiger partial charge on any atom is -0.496 e. The van der Waals surface area contributed by atoms with E-state index in [4.69, 9.17) is 10.5 Å². The average Bonchev–Trinajstić information content (AvgIpc) is 2.37. The highest BCUT2D eigenvalue weighted by Gasteiger charge is 2.22. The number of benzene rings is 1. The lowest BCUT2D eigenvalue weighted by Gasteiger charge is -2.26. The monoisotopic (exact) mass is 328 g/mol. The van der Waals surface area contributed by atoms with Gasteiger partial charge in [-0.3, -0.25) is 4.79 Å². The van der Waals surface area contributed by atoms with Crippen molar-refractivity contribution < 1.29 is 9.53 Å². The van der Waals surface area contributed by atoms with Crippen LogP contribution in [-0.4, -0.2) is 26.1 Å². The minimum absolute atomic E-state index is 0.0110. The third-order valence-corrected chi connectivity index (χ3v) is 3.65. The second-order valence-electron chi connectivity index (χ2n) is 5.05. The van der Waals surface area contributed by atoms with Crippen molar-refractivity contribution in [3.63, 3.8) is 0 Å². The van der Waals surface area contributed by atoms with E-state index in [1.165, 1.54) is 0 Å². The number of hydrogen-bond acceptors (Lipinski definition) is 3. The number of amides is 1. The Morgan fingerprint density at radius 1 is 1.47 bits per heavy atom. The van der Waals surface area contributed by atoms with E-state index in [-0.39, 0.29) is 11.3 Å². The summed E-state index contributed by atoms with van der Waals surface area (Å²) >= 11 is 3.48. The molecule has 0 unspecified atom stereocenters. The van der Waals surface area contributed by atoms with Crippen LogP contribution in [0, 0.1) is 0 Å². The zero-order chi connectivity index (χ0) is 14.5. The number of rotatable bonds is 6. The first-order valence-corrected chi connectivity index (χ1v) is 7.01. The predicted molar refractivity (Wildman–Crippen MR) is 80.4 cm³/mol. The summed E-state index contributed by atoms with van der Waals surface area (Å²) in [4.78, 5) is 11.5. The van der Waals surface area contributed by atoms with Crippen molar-refractivity contribution >= 4 is 21.8 Å². The van der Waals surface area contributed by atoms with Crippen molar-refractivity contribution in [3.05, 3.63) is 28.2 Å². The number of halogens is 1. The van der Waals surface area contributed by atoms with E-state index in [9.17, 15) is 4.79 Å². The van der Waals surface area contributed by atoms with Crippen LogP contribution in [0.5, 0.6) is 5.75 Å². The minimum atomic E-state index is -0.154. The molecule has 5 heteroatoms. The second-order valence-corrected chi connectivity index (χ2v) is 5.90. The molecule has 0 saturated heterocycles. The number of nitrogens with two attached hydrogens (primary N) is 1. The maximum absolute atomic E-state index is 11.5. The number of nitrogens with one attached hydrogen (secondary N) is 1. The van der Waals surface area contributed by atoms with E-state index in [1.807, 2.05) is 18.2 Å². The molecule has 0 atom stereocenters. The maximum atomic E-state index is 11.5. The van der Waals surface area contributed by atoms with Gasteiger partial charge in [0.2, 0.25) is 5.91 Å². The molecule has 1 aromatic carbocycles. The number of ether oxygens (including phenoxy) is 1. The Bertz CT molecular complexity index is 447. The summed E-state index contributed by atoms with van der Waals surface area (Å²) in [5, 5.41) is 2.90. The molecule has 0 spiro atoms. The molecule has 19 heavy (non-hydrogen) atoms. The molecule has 0 aromatic heterocycles. The Labute approximate surface area is 122 Å². The molecule has 1 aromatic rings. The molecule has 0 bridgehead atoms. The summed E-state index contributed by atoms with van der Waals surface area (Å²) in [5.74, 6) is 0.787. The third-order valence-electron chi connectivity index (χ3n) is 3.03. The molecule has 0 aliphatic carbocycles. The molecule has 0 aliphatic heterocycles. The van der Waals surface area contributed by atoms with Crippen LogP contribution >= 0.6 is 15.9 Å². The smallest absolute Gasteiger partial charge is 0.221 e. The highest BCUT2D eigenvalue weighted by molar-refractivity contribution is 9.10. The molecular formula is C14H21BrN2O2. The van der Waals surface area contributed by atoms with Gasteiger partial charge in [-0.1, -0.05) is 19.9 Å². The van der Waals surface area contributed by atoms with Gasteiger partial charge in [-0.2, -0.15) is 0 Å². The van der Waals surface area contributed by atoms with E-state index in [1.54, 1.807) is 7.11 Å². The molecule has 0 fully saturated rings. The molecule has 4 nitrogen and oxygen atoms in total. The van der Waals surface area contributed by atoms with Gasteiger partial charge in [0.1, 0.15) is 5.75 Å². The van der Waals surface area contributed by atoms with Crippen LogP contribution in [0.2, 0.25) is 0 Å². The summed E-state index contributed by atoms with van der Waals surface area (Å²) < 4.78 is 6.12. The Balaban J connectivity index is 2.76. The summed E-state index contributed by atoms with van der Waals surface area (Å²) in [7, 11) is 1.64. The number of carbonyl (C=O) groups excluding carboxylic acids is 1. The Hall–Kier alpha value is -1.07. The standard InChI is InChI=1S/C14H21BrN2O2/c1-14(2,9-17-13(18)6-7-16)10-4-5-12(19-3)11(15)8-10/h4-5,8H,6-7,9,16H2,1-3H3,(H,17,18). The van der Waals surface area contributed by atoms with Crippen LogP contribution in [-0.2, 0) is 10.2 Å². The Morgan fingerprint density at radius 3 is 2.68 bits per heavy atom. The zero-order valence-corrected chi connectivity index (χ0v) is 13.2. The first-order valence-electron chi connectivity index (χ1n) is 6.21. The maximum Gasteiger partial charge on any atom is 0.221 e. The first kappa shape index (κ1) is 16.0. The normalized spacial score (nSPS) is 11.2. The average molecular weight is 329 g/mol. The molecular weight excluding hydrogens is 308 g/mol. The third kappa shape index (κ3) is 4.51. The molecule has 1 amide bonds. The van der Waals surface area contributed by atoms with E-state index in [2.05, 4.69) is 35.1 Å². The van der Waals surface area contributed by atoms with Crippen LogP contribution in [0.4, 0.5) is 0 Å². The largest absolute Gasteiger partial charge is 0.496 e. The SMILES string of the molecule is COc1ccc(C(C)(C)CNC(=O)CCN)cc1Br. The molecule has 3 N–H and O–H groups in total. The van der Waals surface area contributed by atoms with Crippen LogP contribution in [0.25, 0.3) is 0 Å². The number of hydrogen-bond donors (Lipinski definition) is 2. The van der Waals surface area contributed by atoms with E-state index >= 15 is 0 Å². The Kier molecular flexibility index (Phi) is 5.82. The first-order chi connectivity index (χ1) is 8.90. The number of methoxy groups -OCH3 is 1. The summed E-state index contributed by atoms with van der Waals surface area (Å²) in [6.45, 7) is 5.12. The van der Waals surface area contributed by atoms with Gasteiger partial charge in [-0.05, 0) is 33.6 Å². The van der Waals surface area contributed by atoms with Crippen molar-refractivity contribution in [1.82, 2.24) is 5.32 Å². The van der Waals surface area contributed by atoms with Gasteiger partial charge in [-0.25, -0.2) is 0 Å². The van der Waals surface area contributed by atoms with Gasteiger partial charge in [-0.15, -0.1) is 0 Å². The highest BCUT2D eigenvalue weighted by Crippen LogP contribution is 2.31. The van der Waals surface area contributed by atoms with E-state index < -0.39 is 0 Å². The van der Waals surface area contributed by atoms with Crippen LogP contribution < -0.4 is 15.8 Å². The lowest BCUT2D eigenvalue weighted by molar-refractivity contribution is -0.121. The van der Waals surface area contributed by atoms with Crippen LogP contribution in [0.3, 0.4) is 0 Å². The summed E-state index contributed by atoms with van der Waals surface area (Å²) in [6, 6.07) is 5.95. The van der Waals surface area contributed by atoms with E-state index in [0.717, 1.165) is 15.8 Å². The fourth-order valence-corrected chi connectivity index (χ4v) is 2.27. The Morgan fingerprint density at radius 2 is 2.16 bits per heavy atom. The fraction of sp³-hybridized carbons (Fsp3) is 0.500. The quantitative estimate of drug-likeness (QED) is 0.841. The molecule has 0 radical (unpaired) electrons. The topological polar surface area (TPSA) is 64.3 Å². The molecule has 1 rings (SSSR count). The summed E-state index contributed by atoms with van der Waals surface area (Å²) in [6.07, 6.45) is 0.363. The van der Waals surface area contributed by atoms with E-state index in [0.29, 0.717) is 19.5 Å². The lowest BCUT2D eigenvalue weighted by Crippen LogP contribution is -2.37. The second kappa shape index (κ2) is 6.91. The van der Waals surface area contributed by atoms with Gasteiger partial charge in [0.25, 0.3) is 0 Å². The molecule has 0 heterocycles.